The topological polar surface area (TPSA) is 41.5 Å². The van der Waals surface area contributed by atoms with Gasteiger partial charge in [-0.3, -0.25) is 4.79 Å². The molecule has 0 radical (unpaired) electrons. The van der Waals surface area contributed by atoms with Crippen LogP contribution in [0.4, 0.5) is 0 Å². The van der Waals surface area contributed by atoms with Gasteiger partial charge in [0.25, 0.3) is 5.91 Å². The summed E-state index contributed by atoms with van der Waals surface area (Å²) >= 11 is 5.83. The van der Waals surface area contributed by atoms with E-state index < -0.39 is 0 Å². The Labute approximate surface area is 92.5 Å². The van der Waals surface area contributed by atoms with Gasteiger partial charge in [0.1, 0.15) is 11.5 Å². The van der Waals surface area contributed by atoms with Crippen LogP contribution in [0.25, 0.3) is 6.08 Å². The van der Waals surface area contributed by atoms with Gasteiger partial charge in [-0.15, -0.1) is 0 Å². The Hall–Kier alpha value is -1.61. The molecule has 4 heteroatoms. The molecule has 1 aromatic rings. The summed E-state index contributed by atoms with van der Waals surface area (Å²) in [6.07, 6.45) is 1.71. The van der Waals surface area contributed by atoms with E-state index in [1.165, 1.54) is 0 Å². The zero-order valence-corrected chi connectivity index (χ0v) is 8.88. The maximum absolute atomic E-state index is 11.3. The van der Waals surface area contributed by atoms with E-state index in [0.29, 0.717) is 16.6 Å². The summed E-state index contributed by atoms with van der Waals surface area (Å²) in [5, 5.41) is 3.25. The van der Waals surface area contributed by atoms with Gasteiger partial charge in [0.2, 0.25) is 0 Å². The average Bonchev–Trinajstić information content (AvgIpc) is 2.45. The summed E-state index contributed by atoms with van der Waals surface area (Å²) in [5.41, 5.74) is 1.28. The predicted molar refractivity (Wildman–Crippen MR) is 60.7 cm³/mol. The molecule has 76 valence electrons. The number of amides is 1. The van der Waals surface area contributed by atoms with Crippen molar-refractivity contribution in [3.05, 3.63) is 40.5 Å². The van der Waals surface area contributed by atoms with Gasteiger partial charge in [0, 0.05) is 5.02 Å². The maximum Gasteiger partial charge on any atom is 0.275 e. The molecule has 0 fully saturated rings. The lowest BCUT2D eigenvalue weighted by Crippen LogP contribution is -2.21. The Morgan fingerprint density at radius 1 is 1.47 bits per heavy atom. The van der Waals surface area contributed by atoms with Gasteiger partial charge in [-0.1, -0.05) is 23.7 Å². The number of hydrogen-bond donors (Lipinski definition) is 1. The molecular formula is C11H9ClN2O. The molecule has 0 atom stereocenters. The molecule has 0 aromatic heterocycles. The number of nitrogens with zero attached hydrogens (tertiary/aromatic N) is 1. The summed E-state index contributed by atoms with van der Waals surface area (Å²) < 4.78 is 0. The highest BCUT2D eigenvalue weighted by Gasteiger charge is 2.16. The summed E-state index contributed by atoms with van der Waals surface area (Å²) in [6, 6.07) is 7.27. The lowest BCUT2D eigenvalue weighted by molar-refractivity contribution is -0.115. The molecule has 1 aliphatic heterocycles. The van der Waals surface area contributed by atoms with E-state index in [1.54, 1.807) is 25.1 Å². The number of carbonyl (C=O) groups is 1. The summed E-state index contributed by atoms with van der Waals surface area (Å²) in [4.78, 5) is 15.4. The monoisotopic (exact) mass is 220 g/mol. The molecule has 0 aliphatic carbocycles. The van der Waals surface area contributed by atoms with Crippen molar-refractivity contribution in [3.8, 4) is 0 Å². The van der Waals surface area contributed by atoms with Crippen molar-refractivity contribution in [2.75, 3.05) is 0 Å². The van der Waals surface area contributed by atoms with Crippen molar-refractivity contribution in [3.63, 3.8) is 0 Å². The Kier molecular flexibility index (Phi) is 2.56. The van der Waals surface area contributed by atoms with Crippen LogP contribution < -0.4 is 5.32 Å². The SMILES string of the molecule is CC1=N/C(=C/c2cccc(Cl)c2)C(=O)N1. The third-order valence-electron chi connectivity index (χ3n) is 1.97. The van der Waals surface area contributed by atoms with Gasteiger partial charge in [0.05, 0.1) is 0 Å². The summed E-state index contributed by atoms with van der Waals surface area (Å²) in [7, 11) is 0. The van der Waals surface area contributed by atoms with E-state index >= 15 is 0 Å². The molecule has 0 spiro atoms. The van der Waals surface area contributed by atoms with Crippen LogP contribution in [0.3, 0.4) is 0 Å². The molecule has 1 heterocycles. The van der Waals surface area contributed by atoms with Crippen molar-refractivity contribution >= 4 is 29.4 Å². The average molecular weight is 221 g/mol. The Morgan fingerprint density at radius 3 is 2.87 bits per heavy atom. The fourth-order valence-corrected chi connectivity index (χ4v) is 1.54. The third kappa shape index (κ3) is 2.25. The number of aliphatic imine (C=N–C) groups is 1. The van der Waals surface area contributed by atoms with E-state index in [0.717, 1.165) is 5.56 Å². The standard InChI is InChI=1S/C11H9ClN2O/c1-7-13-10(11(15)14-7)6-8-3-2-4-9(12)5-8/h2-6H,1H3,(H,13,14,15)/b10-6+. The van der Waals surface area contributed by atoms with Gasteiger partial charge in [-0.05, 0) is 30.7 Å². The number of amidine groups is 1. The van der Waals surface area contributed by atoms with Gasteiger partial charge < -0.3 is 5.32 Å². The molecular weight excluding hydrogens is 212 g/mol. The van der Waals surface area contributed by atoms with Crippen LogP contribution >= 0.6 is 11.6 Å². The van der Waals surface area contributed by atoms with Crippen molar-refractivity contribution in [2.45, 2.75) is 6.92 Å². The second-order valence-corrected chi connectivity index (χ2v) is 3.67. The fourth-order valence-electron chi connectivity index (χ4n) is 1.34. The summed E-state index contributed by atoms with van der Waals surface area (Å²) in [5.74, 6) is 0.445. The van der Waals surface area contributed by atoms with Crippen LogP contribution in [-0.4, -0.2) is 11.7 Å². The molecule has 1 aromatic carbocycles. The fraction of sp³-hybridized carbons (Fsp3) is 0.0909. The van der Waals surface area contributed by atoms with E-state index in [1.807, 2.05) is 12.1 Å². The largest absolute Gasteiger partial charge is 0.309 e. The summed E-state index contributed by atoms with van der Waals surface area (Å²) in [6.45, 7) is 1.75. The van der Waals surface area contributed by atoms with Crippen molar-refractivity contribution in [1.29, 1.82) is 0 Å². The Bertz CT molecular complexity index is 477. The molecule has 15 heavy (non-hydrogen) atoms. The predicted octanol–water partition coefficient (Wildman–Crippen LogP) is 2.23. The van der Waals surface area contributed by atoms with Crippen LogP contribution in [-0.2, 0) is 4.79 Å². The Morgan fingerprint density at radius 2 is 2.27 bits per heavy atom. The minimum atomic E-state index is -0.174. The van der Waals surface area contributed by atoms with Gasteiger partial charge in [0.15, 0.2) is 0 Å². The first-order valence-electron chi connectivity index (χ1n) is 4.49. The number of halogens is 1. The molecule has 1 amide bonds. The maximum atomic E-state index is 11.3. The molecule has 0 saturated heterocycles. The number of hydrogen-bond acceptors (Lipinski definition) is 2. The second-order valence-electron chi connectivity index (χ2n) is 3.24. The van der Waals surface area contributed by atoms with Crippen LogP contribution in [0.5, 0.6) is 0 Å². The quantitative estimate of drug-likeness (QED) is 0.725. The van der Waals surface area contributed by atoms with Gasteiger partial charge >= 0.3 is 0 Å². The number of nitrogens with one attached hydrogen (secondary N) is 1. The van der Waals surface area contributed by atoms with Gasteiger partial charge in [-0.25, -0.2) is 4.99 Å². The highest BCUT2D eigenvalue weighted by Crippen LogP contribution is 2.15. The normalized spacial score (nSPS) is 17.9. The van der Waals surface area contributed by atoms with Crippen molar-refractivity contribution in [1.82, 2.24) is 5.32 Å². The molecule has 1 aliphatic rings. The van der Waals surface area contributed by atoms with Crippen LogP contribution in [0.2, 0.25) is 5.02 Å². The molecule has 1 N–H and O–H groups in total. The molecule has 2 rings (SSSR count). The first-order valence-corrected chi connectivity index (χ1v) is 4.87. The molecule has 0 unspecified atom stereocenters. The highest BCUT2D eigenvalue weighted by atomic mass is 35.5. The smallest absolute Gasteiger partial charge is 0.275 e. The van der Waals surface area contributed by atoms with Crippen LogP contribution in [0.1, 0.15) is 12.5 Å². The van der Waals surface area contributed by atoms with Gasteiger partial charge in [-0.2, -0.15) is 0 Å². The second kappa shape index (κ2) is 3.87. The van der Waals surface area contributed by atoms with E-state index in [-0.39, 0.29) is 5.91 Å². The molecule has 0 bridgehead atoms. The zero-order valence-electron chi connectivity index (χ0n) is 8.12. The number of rotatable bonds is 1. The highest BCUT2D eigenvalue weighted by molar-refractivity contribution is 6.30. The first kappa shape index (κ1) is 9.93. The first-order chi connectivity index (χ1) is 7.15. The Balaban J connectivity index is 2.35. The van der Waals surface area contributed by atoms with Crippen molar-refractivity contribution < 1.29 is 4.79 Å². The minimum Gasteiger partial charge on any atom is -0.309 e. The zero-order chi connectivity index (χ0) is 10.8. The van der Waals surface area contributed by atoms with E-state index in [4.69, 9.17) is 11.6 Å². The van der Waals surface area contributed by atoms with E-state index in [2.05, 4.69) is 10.3 Å². The molecule has 0 saturated carbocycles. The number of carbonyl (C=O) groups excluding carboxylic acids is 1. The lowest BCUT2D eigenvalue weighted by atomic mass is 10.2. The van der Waals surface area contributed by atoms with Crippen LogP contribution in [0.15, 0.2) is 35.0 Å². The minimum absolute atomic E-state index is 0.174. The van der Waals surface area contributed by atoms with E-state index in [9.17, 15) is 4.79 Å². The third-order valence-corrected chi connectivity index (χ3v) is 2.20. The van der Waals surface area contributed by atoms with Crippen molar-refractivity contribution in [2.24, 2.45) is 4.99 Å². The van der Waals surface area contributed by atoms with Crippen LogP contribution in [0, 0.1) is 0 Å². The number of benzene rings is 1. The molecule has 3 nitrogen and oxygen atoms in total. The lowest BCUT2D eigenvalue weighted by Gasteiger charge is -1.95.